The number of piperidine rings is 1. The number of oxazole rings is 1. The van der Waals surface area contributed by atoms with Gasteiger partial charge in [-0.15, -0.1) is 0 Å². The molecule has 0 radical (unpaired) electrons. The zero-order valence-corrected chi connectivity index (χ0v) is 18.6. The molecule has 1 atom stereocenters. The van der Waals surface area contributed by atoms with Crippen LogP contribution < -0.4 is 4.74 Å². The molecule has 0 aliphatic carbocycles. The Hall–Kier alpha value is -3.25. The van der Waals surface area contributed by atoms with Crippen molar-refractivity contribution in [3.63, 3.8) is 0 Å². The first-order valence-electron chi connectivity index (χ1n) is 10.7. The minimum Gasteiger partial charge on any atom is -0.496 e. The lowest BCUT2D eigenvalue weighted by Gasteiger charge is -2.31. The van der Waals surface area contributed by atoms with Gasteiger partial charge in [0.2, 0.25) is 0 Å². The number of H-pyrrole nitrogens is 1. The second-order valence-electron chi connectivity index (χ2n) is 8.16. The van der Waals surface area contributed by atoms with Crippen LogP contribution in [0.2, 0.25) is 5.02 Å². The lowest BCUT2D eigenvalue weighted by molar-refractivity contribution is 0.0693. The largest absolute Gasteiger partial charge is 0.496 e. The molecule has 6 nitrogen and oxygen atoms in total. The quantitative estimate of drug-likeness (QED) is 0.441. The maximum absolute atomic E-state index is 13.2. The van der Waals surface area contributed by atoms with Crippen LogP contribution >= 0.6 is 11.6 Å². The molecule has 4 aromatic rings. The number of nitrogens with one attached hydrogen (secondary N) is 1. The highest BCUT2D eigenvalue weighted by atomic mass is 35.5. The molecule has 7 heteroatoms. The fraction of sp³-hybridized carbons (Fsp3) is 0.280. The third-order valence-corrected chi connectivity index (χ3v) is 6.25. The number of aromatic nitrogens is 2. The summed E-state index contributed by atoms with van der Waals surface area (Å²) in [6, 6.07) is 15.3. The molecule has 0 unspecified atom stereocenters. The standard InChI is InChI=1S/C25H24ClN3O3/c1-31-23-6-2-5-21-20(23)13-22(28-21)25(30)29-11-3-4-17(15-29)24-27-14-19(32-24)12-16-7-9-18(26)10-8-16/h2,5-10,13-14,17,28H,3-4,11-12,15H2,1H3/t17-/m0/s1. The van der Waals surface area contributed by atoms with Gasteiger partial charge in [-0.2, -0.15) is 0 Å². The average Bonchev–Trinajstić information content (AvgIpc) is 3.47. The molecule has 1 aliphatic heterocycles. The lowest BCUT2D eigenvalue weighted by Crippen LogP contribution is -2.39. The van der Waals surface area contributed by atoms with Crippen molar-refractivity contribution >= 4 is 28.4 Å². The summed E-state index contributed by atoms with van der Waals surface area (Å²) in [5.74, 6) is 2.34. The van der Waals surface area contributed by atoms with E-state index in [4.69, 9.17) is 20.8 Å². The van der Waals surface area contributed by atoms with Gasteiger partial charge in [-0.05, 0) is 48.7 Å². The highest BCUT2D eigenvalue weighted by Gasteiger charge is 2.29. The van der Waals surface area contributed by atoms with Gasteiger partial charge in [0.15, 0.2) is 5.89 Å². The first-order chi connectivity index (χ1) is 15.6. The van der Waals surface area contributed by atoms with Gasteiger partial charge < -0.3 is 19.0 Å². The van der Waals surface area contributed by atoms with Crippen LogP contribution in [0, 0.1) is 0 Å². The van der Waals surface area contributed by atoms with E-state index in [1.807, 2.05) is 53.4 Å². The van der Waals surface area contributed by atoms with Crippen molar-refractivity contribution in [2.45, 2.75) is 25.2 Å². The highest BCUT2D eigenvalue weighted by molar-refractivity contribution is 6.30. The van der Waals surface area contributed by atoms with Crippen molar-refractivity contribution in [2.24, 2.45) is 0 Å². The number of hydrogen-bond acceptors (Lipinski definition) is 4. The molecule has 1 amide bonds. The third-order valence-electron chi connectivity index (χ3n) is 6.00. The van der Waals surface area contributed by atoms with E-state index >= 15 is 0 Å². The normalized spacial score (nSPS) is 16.4. The molecule has 5 rings (SSSR count). The van der Waals surface area contributed by atoms with Crippen LogP contribution in [0.1, 0.15) is 46.5 Å². The van der Waals surface area contributed by atoms with E-state index in [1.165, 1.54) is 0 Å². The molecular formula is C25H24ClN3O3. The maximum Gasteiger partial charge on any atom is 0.270 e. The van der Waals surface area contributed by atoms with Gasteiger partial charge in [-0.3, -0.25) is 4.79 Å². The minimum atomic E-state index is -0.0131. The van der Waals surface area contributed by atoms with Gasteiger partial charge in [0, 0.05) is 35.4 Å². The lowest BCUT2D eigenvalue weighted by atomic mass is 9.97. The first kappa shape index (κ1) is 20.6. The number of ether oxygens (including phenoxy) is 1. The number of carbonyl (C=O) groups excluding carboxylic acids is 1. The summed E-state index contributed by atoms with van der Waals surface area (Å²) < 4.78 is 11.5. The molecule has 0 spiro atoms. The number of rotatable bonds is 5. The van der Waals surface area contributed by atoms with Crippen LogP contribution in [0.4, 0.5) is 0 Å². The fourth-order valence-corrected chi connectivity index (χ4v) is 4.48. The number of amides is 1. The molecule has 1 aliphatic rings. The summed E-state index contributed by atoms with van der Waals surface area (Å²) in [5, 5.41) is 1.62. The average molecular weight is 450 g/mol. The number of benzene rings is 2. The van der Waals surface area contributed by atoms with Crippen LogP contribution in [0.25, 0.3) is 10.9 Å². The van der Waals surface area contributed by atoms with Crippen LogP contribution in [0.3, 0.4) is 0 Å². The topological polar surface area (TPSA) is 71.4 Å². The second kappa shape index (κ2) is 8.71. The Balaban J connectivity index is 1.30. The van der Waals surface area contributed by atoms with E-state index in [2.05, 4.69) is 9.97 Å². The number of carbonyl (C=O) groups is 1. The van der Waals surface area contributed by atoms with Gasteiger partial charge in [0.1, 0.15) is 17.2 Å². The molecule has 0 saturated carbocycles. The molecule has 2 aromatic heterocycles. The van der Waals surface area contributed by atoms with Gasteiger partial charge in [0.05, 0.1) is 19.2 Å². The van der Waals surface area contributed by atoms with Crippen molar-refractivity contribution in [1.82, 2.24) is 14.9 Å². The predicted molar refractivity (Wildman–Crippen MR) is 123 cm³/mol. The number of nitrogens with zero attached hydrogens (tertiary/aromatic N) is 2. The van der Waals surface area contributed by atoms with Crippen LogP contribution in [0.5, 0.6) is 5.75 Å². The Labute approximate surface area is 191 Å². The Kier molecular flexibility index (Phi) is 5.62. The molecule has 1 fully saturated rings. The fourth-order valence-electron chi connectivity index (χ4n) is 4.35. The summed E-state index contributed by atoms with van der Waals surface area (Å²) >= 11 is 5.97. The van der Waals surface area contributed by atoms with E-state index in [0.29, 0.717) is 29.6 Å². The predicted octanol–water partition coefficient (Wildman–Crippen LogP) is 5.43. The number of likely N-dealkylation sites (tertiary alicyclic amines) is 1. The van der Waals surface area contributed by atoms with Gasteiger partial charge in [-0.1, -0.05) is 29.8 Å². The Bertz CT molecular complexity index is 1250. The molecule has 32 heavy (non-hydrogen) atoms. The zero-order chi connectivity index (χ0) is 22.1. The number of halogens is 1. The molecule has 3 heterocycles. The van der Waals surface area contributed by atoms with E-state index in [9.17, 15) is 4.79 Å². The van der Waals surface area contributed by atoms with E-state index in [0.717, 1.165) is 47.4 Å². The molecule has 1 N–H and O–H groups in total. The summed E-state index contributed by atoms with van der Waals surface area (Å²) in [4.78, 5) is 22.9. The van der Waals surface area contributed by atoms with Crippen molar-refractivity contribution < 1.29 is 13.9 Å². The van der Waals surface area contributed by atoms with Crippen molar-refractivity contribution in [2.75, 3.05) is 20.2 Å². The zero-order valence-electron chi connectivity index (χ0n) is 17.8. The SMILES string of the molecule is COc1cccc2[nH]c(C(=O)N3CCC[C@H](c4ncc(Cc5ccc(Cl)cc5)o4)C3)cc12. The summed E-state index contributed by atoms with van der Waals surface area (Å²) in [6.45, 7) is 1.31. The van der Waals surface area contributed by atoms with Gasteiger partial charge >= 0.3 is 0 Å². The van der Waals surface area contributed by atoms with Gasteiger partial charge in [-0.25, -0.2) is 4.98 Å². The second-order valence-corrected chi connectivity index (χ2v) is 8.60. The highest BCUT2D eigenvalue weighted by Crippen LogP contribution is 2.30. The molecule has 2 aromatic carbocycles. The molecular weight excluding hydrogens is 426 g/mol. The molecule has 0 bridgehead atoms. The van der Waals surface area contributed by atoms with Crippen molar-refractivity contribution in [3.8, 4) is 5.75 Å². The number of methoxy groups -OCH3 is 1. The number of hydrogen-bond donors (Lipinski definition) is 1. The third kappa shape index (κ3) is 4.10. The number of aromatic amines is 1. The Morgan fingerprint density at radius 1 is 1.28 bits per heavy atom. The Morgan fingerprint density at radius 3 is 2.94 bits per heavy atom. The Morgan fingerprint density at radius 2 is 2.12 bits per heavy atom. The van der Waals surface area contributed by atoms with Crippen LogP contribution in [-0.4, -0.2) is 41.0 Å². The van der Waals surface area contributed by atoms with Crippen LogP contribution in [-0.2, 0) is 6.42 Å². The van der Waals surface area contributed by atoms with E-state index in [1.54, 1.807) is 13.3 Å². The van der Waals surface area contributed by atoms with Crippen LogP contribution in [0.15, 0.2) is 59.1 Å². The first-order valence-corrected chi connectivity index (χ1v) is 11.1. The van der Waals surface area contributed by atoms with Gasteiger partial charge in [0.25, 0.3) is 5.91 Å². The summed E-state index contributed by atoms with van der Waals surface area (Å²) in [6.07, 6.45) is 4.31. The molecule has 1 saturated heterocycles. The maximum atomic E-state index is 13.2. The summed E-state index contributed by atoms with van der Waals surface area (Å²) in [5.41, 5.74) is 2.58. The summed E-state index contributed by atoms with van der Waals surface area (Å²) in [7, 11) is 1.63. The number of fused-ring (bicyclic) bond motifs is 1. The minimum absolute atomic E-state index is 0.0131. The van der Waals surface area contributed by atoms with Crippen molar-refractivity contribution in [1.29, 1.82) is 0 Å². The van der Waals surface area contributed by atoms with E-state index in [-0.39, 0.29) is 11.8 Å². The smallest absolute Gasteiger partial charge is 0.270 e. The van der Waals surface area contributed by atoms with E-state index < -0.39 is 0 Å². The monoisotopic (exact) mass is 449 g/mol. The van der Waals surface area contributed by atoms with Crippen molar-refractivity contribution in [3.05, 3.63) is 82.7 Å². The molecule has 164 valence electrons.